The maximum atomic E-state index is 15.2. The van der Waals surface area contributed by atoms with E-state index in [1.807, 2.05) is 27.7 Å². The van der Waals surface area contributed by atoms with Gasteiger partial charge in [-0.1, -0.05) is 72.8 Å². The van der Waals surface area contributed by atoms with Gasteiger partial charge in [0.2, 0.25) is 23.6 Å². The van der Waals surface area contributed by atoms with E-state index in [-0.39, 0.29) is 65.4 Å². The smallest absolute Gasteiger partial charge is 0.303 e. The predicted octanol–water partition coefficient (Wildman–Crippen LogP) is 4.02. The lowest BCUT2D eigenvalue weighted by molar-refractivity contribution is -0.145. The van der Waals surface area contributed by atoms with E-state index in [4.69, 9.17) is 0 Å². The lowest BCUT2D eigenvalue weighted by Gasteiger charge is -2.40. The maximum Gasteiger partial charge on any atom is 0.303 e. The third kappa shape index (κ3) is 8.46. The van der Waals surface area contributed by atoms with Crippen molar-refractivity contribution in [3.8, 4) is 0 Å². The van der Waals surface area contributed by atoms with E-state index >= 15 is 4.79 Å². The van der Waals surface area contributed by atoms with Crippen molar-refractivity contribution >= 4 is 39.7 Å². The van der Waals surface area contributed by atoms with Crippen LogP contribution in [-0.2, 0) is 34.2 Å². The molecule has 332 valence electrons. The van der Waals surface area contributed by atoms with Crippen molar-refractivity contribution in [2.24, 2.45) is 34.0 Å². The fourth-order valence-corrected chi connectivity index (χ4v) is 12.6. The van der Waals surface area contributed by atoms with Gasteiger partial charge in [-0.25, -0.2) is 4.72 Å². The van der Waals surface area contributed by atoms with Crippen LogP contribution in [0.25, 0.3) is 0 Å². The molecule has 0 bridgehead atoms. The molecule has 0 aromatic carbocycles. The Labute approximate surface area is 353 Å². The maximum absolute atomic E-state index is 15.2. The summed E-state index contributed by atoms with van der Waals surface area (Å²) in [5.74, 6) is -2.53. The summed E-state index contributed by atoms with van der Waals surface area (Å²) < 4.78 is 29.4. The molecule has 5 amide bonds. The van der Waals surface area contributed by atoms with Gasteiger partial charge in [0, 0.05) is 32.1 Å². The van der Waals surface area contributed by atoms with Crippen LogP contribution in [0.3, 0.4) is 0 Å². The number of fused-ring (bicyclic) bond motifs is 1. The molecule has 6 rings (SSSR count). The average molecular weight is 844 g/mol. The molecular weight excluding hydrogens is 771 g/mol. The number of piperidine rings is 1. The summed E-state index contributed by atoms with van der Waals surface area (Å²) in [5.41, 5.74) is -2.54. The van der Waals surface area contributed by atoms with Crippen molar-refractivity contribution in [2.75, 3.05) is 26.7 Å². The number of rotatable bonds is 15. The zero-order chi connectivity index (χ0) is 43.3. The van der Waals surface area contributed by atoms with Gasteiger partial charge in [0.25, 0.3) is 5.91 Å². The van der Waals surface area contributed by atoms with Gasteiger partial charge in [-0.05, 0) is 106 Å². The van der Waals surface area contributed by atoms with E-state index in [9.17, 15) is 27.6 Å². The van der Waals surface area contributed by atoms with Crippen molar-refractivity contribution in [1.29, 1.82) is 0 Å². The summed E-state index contributed by atoms with van der Waals surface area (Å²) in [7, 11) is -2.77. The van der Waals surface area contributed by atoms with Crippen LogP contribution in [0.5, 0.6) is 0 Å². The number of hydrogen-bond donors (Lipinski definition) is 4. The summed E-state index contributed by atoms with van der Waals surface area (Å²) in [6, 6.07) is -2.90. The highest BCUT2D eigenvalue weighted by Crippen LogP contribution is 2.81. The molecule has 2 heterocycles. The molecule has 4 N–H and O–H groups in total. The molecule has 14 nitrogen and oxygen atoms in total. The molecule has 2 spiro atoms. The summed E-state index contributed by atoms with van der Waals surface area (Å²) in [5, 5.41) is 9.28. The van der Waals surface area contributed by atoms with E-state index in [0.717, 1.165) is 81.5 Å². The topological polar surface area (TPSA) is 177 Å². The lowest BCUT2D eigenvalue weighted by atomic mass is 9.74. The number of hydrogen-bond acceptors (Lipinski definition) is 8. The van der Waals surface area contributed by atoms with Crippen molar-refractivity contribution < 1.29 is 32.4 Å². The van der Waals surface area contributed by atoms with Crippen molar-refractivity contribution in [1.82, 2.24) is 34.8 Å². The molecule has 0 aromatic heterocycles. The van der Waals surface area contributed by atoms with E-state index in [0.29, 0.717) is 19.4 Å². The molecular formula is C44H73N7O7S. The Balaban J connectivity index is 1.26. The highest BCUT2D eigenvalue weighted by molar-refractivity contribution is 7.87. The molecule has 1 unspecified atom stereocenters. The summed E-state index contributed by atoms with van der Waals surface area (Å²) in [6.45, 7) is 19.2. The fourth-order valence-electron chi connectivity index (χ4n) is 11.6. The van der Waals surface area contributed by atoms with Crippen LogP contribution in [0.2, 0.25) is 0 Å². The molecule has 6 fully saturated rings. The minimum Gasteiger partial charge on any atom is -0.343 e. The highest BCUT2D eigenvalue weighted by atomic mass is 32.2. The number of carbonyl (C=O) groups is 5. The normalized spacial score (nSPS) is 31.7. The quantitative estimate of drug-likeness (QED) is 0.179. The van der Waals surface area contributed by atoms with Gasteiger partial charge in [-0.2, -0.15) is 12.7 Å². The van der Waals surface area contributed by atoms with Gasteiger partial charge in [0.15, 0.2) is 0 Å². The van der Waals surface area contributed by atoms with E-state index < -0.39 is 57.0 Å². The average Bonchev–Trinajstić information content (AvgIpc) is 3.95. The first kappa shape index (κ1) is 45.5. The Morgan fingerprint density at radius 1 is 0.898 bits per heavy atom. The monoisotopic (exact) mass is 844 g/mol. The number of nitrogens with one attached hydrogen (secondary N) is 4. The first-order valence-corrected chi connectivity index (χ1v) is 24.0. The molecule has 6 aliphatic rings. The SMILES string of the molecule is C=C[C@@H]1C[C@]1(NC(=O)[C@@H]1C[C@@]2(CN1C(=O)[C@@H](NC(=O)[C@@H](NC(=O)[C@@H]1CCCCN1C(C)C)C1CCCCC1)C(C)(C)C)C(C)C21CCC1)C(=O)NS(=O)(=O)N(C)CCC. The van der Waals surface area contributed by atoms with Gasteiger partial charge < -0.3 is 20.9 Å². The first-order chi connectivity index (χ1) is 27.7. The lowest BCUT2D eigenvalue weighted by Crippen LogP contribution is -2.63. The molecule has 0 aromatic rings. The Morgan fingerprint density at radius 3 is 2.10 bits per heavy atom. The van der Waals surface area contributed by atoms with Crippen LogP contribution < -0.4 is 20.7 Å². The Kier molecular flexibility index (Phi) is 13.1. The van der Waals surface area contributed by atoms with Gasteiger partial charge >= 0.3 is 10.2 Å². The van der Waals surface area contributed by atoms with Gasteiger partial charge in [0.05, 0.1) is 6.04 Å². The molecule has 2 aliphatic heterocycles. The Hall–Kier alpha value is -3.04. The number of carbonyl (C=O) groups excluding carboxylic acids is 5. The predicted molar refractivity (Wildman–Crippen MR) is 227 cm³/mol. The largest absolute Gasteiger partial charge is 0.343 e. The van der Waals surface area contributed by atoms with Crippen LogP contribution in [0.15, 0.2) is 12.7 Å². The van der Waals surface area contributed by atoms with Crippen LogP contribution in [0.4, 0.5) is 0 Å². The summed E-state index contributed by atoms with van der Waals surface area (Å²) in [4.78, 5) is 76.2. The van der Waals surface area contributed by atoms with Crippen molar-refractivity contribution in [2.45, 2.75) is 174 Å². The zero-order valence-corrected chi connectivity index (χ0v) is 37.8. The Bertz CT molecular complexity index is 1750. The van der Waals surface area contributed by atoms with E-state index in [1.54, 1.807) is 11.0 Å². The summed E-state index contributed by atoms with van der Waals surface area (Å²) >= 11 is 0. The second kappa shape index (κ2) is 17.0. The standard InChI is InChI=1S/C44H73N7O7S/c1-10-23-49(9)59(57,58)48-40(56)44(25-31(44)11-2)47-37(53)33-26-43(29(5)42(43)21-17-22-42)27-51(33)39(55)35(41(6,7)8)46-38(54)34(30-18-13-12-14-19-30)45-36(52)32-20-15-16-24-50(32)28(3)4/h11,28-35H,2,10,12-27H2,1,3-9H3,(H,45,52)(H,46,54)(H,47,53)(H,48,56)/t29?,31-,32+,33+,34+,35-,43-,44-/m1/s1. The number of amides is 5. The summed E-state index contributed by atoms with van der Waals surface area (Å²) in [6.07, 6.45) is 13.2. The second-order valence-electron chi connectivity index (χ2n) is 20.4. The van der Waals surface area contributed by atoms with Crippen molar-refractivity contribution in [3.63, 3.8) is 0 Å². The minimum absolute atomic E-state index is 0.0383. The molecule has 15 heteroatoms. The molecule has 4 saturated carbocycles. The van der Waals surface area contributed by atoms with Gasteiger partial charge in [-0.3, -0.25) is 28.9 Å². The second-order valence-corrected chi connectivity index (χ2v) is 22.2. The minimum atomic E-state index is -4.16. The molecule has 2 saturated heterocycles. The van der Waals surface area contributed by atoms with Crippen LogP contribution in [0.1, 0.15) is 138 Å². The molecule has 8 atom stereocenters. The molecule has 0 radical (unpaired) electrons. The highest BCUT2D eigenvalue weighted by Gasteiger charge is 2.79. The Morgan fingerprint density at radius 2 is 1.56 bits per heavy atom. The third-order valence-electron chi connectivity index (χ3n) is 15.6. The molecule has 59 heavy (non-hydrogen) atoms. The van der Waals surface area contributed by atoms with E-state index in [2.05, 4.69) is 52.9 Å². The number of likely N-dealkylation sites (tertiary alicyclic amines) is 2. The first-order valence-electron chi connectivity index (χ1n) is 22.6. The van der Waals surface area contributed by atoms with Gasteiger partial charge in [0.1, 0.15) is 23.7 Å². The fraction of sp³-hybridized carbons (Fsp3) is 0.841. The van der Waals surface area contributed by atoms with Crippen LogP contribution in [0, 0.1) is 34.0 Å². The van der Waals surface area contributed by atoms with Crippen molar-refractivity contribution in [3.05, 3.63) is 12.7 Å². The van der Waals surface area contributed by atoms with Crippen LogP contribution >= 0.6 is 0 Å². The zero-order valence-electron chi connectivity index (χ0n) is 37.0. The number of nitrogens with zero attached hydrogens (tertiary/aromatic N) is 3. The van der Waals surface area contributed by atoms with Gasteiger partial charge in [-0.15, -0.1) is 6.58 Å². The third-order valence-corrected chi connectivity index (χ3v) is 17.1. The molecule has 4 aliphatic carbocycles. The van der Waals surface area contributed by atoms with Crippen LogP contribution in [-0.4, -0.2) is 114 Å². The van der Waals surface area contributed by atoms with E-state index in [1.165, 1.54) is 7.05 Å².